The molecule has 6 rings (SSSR count). The zero-order valence-electron chi connectivity index (χ0n) is 21.8. The first-order chi connectivity index (χ1) is 18.1. The Morgan fingerprint density at radius 2 is 1.73 bits per heavy atom. The van der Waals surface area contributed by atoms with E-state index in [-0.39, 0.29) is 5.91 Å². The average Bonchev–Trinajstić information content (AvgIpc) is 3.13. The molecule has 2 aliphatic rings. The van der Waals surface area contributed by atoms with Crippen LogP contribution < -0.4 is 0 Å². The van der Waals surface area contributed by atoms with Crippen molar-refractivity contribution in [2.75, 3.05) is 26.2 Å². The largest absolute Gasteiger partial charge is 0.336 e. The van der Waals surface area contributed by atoms with Crippen molar-refractivity contribution in [2.45, 2.75) is 52.6 Å². The third-order valence-electron chi connectivity index (χ3n) is 7.82. The molecule has 7 nitrogen and oxygen atoms in total. The highest BCUT2D eigenvalue weighted by molar-refractivity contribution is 6.07. The van der Waals surface area contributed by atoms with Crippen LogP contribution in [0.5, 0.6) is 0 Å². The number of pyridine rings is 1. The van der Waals surface area contributed by atoms with Crippen molar-refractivity contribution in [1.29, 1.82) is 0 Å². The maximum Gasteiger partial charge on any atom is 0.254 e. The number of para-hydroxylation sites is 1. The summed E-state index contributed by atoms with van der Waals surface area (Å²) in [5.74, 6) is 2.28. The van der Waals surface area contributed by atoms with Crippen molar-refractivity contribution < 1.29 is 4.79 Å². The molecule has 0 radical (unpaired) electrons. The molecule has 1 amide bonds. The van der Waals surface area contributed by atoms with Gasteiger partial charge in [-0.15, -0.1) is 10.2 Å². The van der Waals surface area contributed by atoms with E-state index in [9.17, 15) is 4.79 Å². The lowest BCUT2D eigenvalue weighted by molar-refractivity contribution is 0.0625. The third kappa shape index (κ3) is 4.76. The molecule has 0 atom stereocenters. The predicted octanol–water partition coefficient (Wildman–Crippen LogP) is 4.79. The molecule has 2 aromatic carbocycles. The lowest BCUT2D eigenvalue weighted by Crippen LogP contribution is -2.48. The quantitative estimate of drug-likeness (QED) is 0.408. The number of aryl methyl sites for hydroxylation is 3. The molecule has 1 fully saturated rings. The summed E-state index contributed by atoms with van der Waals surface area (Å²) in [6.45, 7) is 9.09. The molecule has 2 aromatic heterocycles. The number of amides is 1. The molecule has 4 aromatic rings. The minimum Gasteiger partial charge on any atom is -0.336 e. The minimum atomic E-state index is 0.0839. The fourth-order valence-electron chi connectivity index (χ4n) is 5.73. The van der Waals surface area contributed by atoms with E-state index >= 15 is 0 Å². The summed E-state index contributed by atoms with van der Waals surface area (Å²) in [5.41, 5.74) is 5.90. The van der Waals surface area contributed by atoms with Crippen molar-refractivity contribution in [3.8, 4) is 11.3 Å². The average molecular weight is 495 g/mol. The van der Waals surface area contributed by atoms with Gasteiger partial charge < -0.3 is 9.47 Å². The topological polar surface area (TPSA) is 67.2 Å². The lowest BCUT2D eigenvalue weighted by atomic mass is 9.99. The first-order valence-corrected chi connectivity index (χ1v) is 13.5. The number of fused-ring (bicyclic) bond motifs is 2. The van der Waals surface area contributed by atoms with Gasteiger partial charge in [0.15, 0.2) is 0 Å². The van der Waals surface area contributed by atoms with Crippen molar-refractivity contribution in [3.05, 3.63) is 76.9 Å². The summed E-state index contributed by atoms with van der Waals surface area (Å²) in [7, 11) is 0. The highest BCUT2D eigenvalue weighted by Gasteiger charge is 2.26. The molecule has 1 saturated heterocycles. The van der Waals surface area contributed by atoms with E-state index in [0.717, 1.165) is 72.0 Å². The van der Waals surface area contributed by atoms with Gasteiger partial charge in [0, 0.05) is 50.1 Å². The molecule has 0 unspecified atom stereocenters. The van der Waals surface area contributed by atoms with Gasteiger partial charge in [-0.25, -0.2) is 4.98 Å². The molecule has 0 spiro atoms. The Bertz CT molecular complexity index is 1450. The van der Waals surface area contributed by atoms with Crippen molar-refractivity contribution >= 4 is 16.8 Å². The Kier molecular flexibility index (Phi) is 6.47. The van der Waals surface area contributed by atoms with Crippen molar-refractivity contribution in [3.63, 3.8) is 0 Å². The van der Waals surface area contributed by atoms with E-state index in [1.807, 2.05) is 35.2 Å². The number of hydrogen-bond acceptors (Lipinski definition) is 5. The van der Waals surface area contributed by atoms with Crippen LogP contribution in [0.1, 0.15) is 52.4 Å². The van der Waals surface area contributed by atoms with Crippen LogP contribution in [-0.4, -0.2) is 61.6 Å². The number of benzene rings is 2. The van der Waals surface area contributed by atoms with Crippen LogP contribution in [0.25, 0.3) is 22.2 Å². The second-order valence-corrected chi connectivity index (χ2v) is 10.5. The minimum absolute atomic E-state index is 0.0839. The van der Waals surface area contributed by atoms with Crippen LogP contribution in [-0.2, 0) is 19.5 Å². The van der Waals surface area contributed by atoms with E-state index in [0.29, 0.717) is 13.1 Å². The third-order valence-corrected chi connectivity index (χ3v) is 7.82. The number of carbonyl (C=O) groups excluding carboxylic acids is 1. The smallest absolute Gasteiger partial charge is 0.254 e. The van der Waals surface area contributed by atoms with Gasteiger partial charge in [0.1, 0.15) is 11.6 Å². The molecular weight excluding hydrogens is 460 g/mol. The molecule has 190 valence electrons. The van der Waals surface area contributed by atoms with Crippen LogP contribution in [0.4, 0.5) is 0 Å². The second kappa shape index (κ2) is 10.1. The molecule has 0 bridgehead atoms. The summed E-state index contributed by atoms with van der Waals surface area (Å²) < 4.78 is 2.32. The maximum absolute atomic E-state index is 13.8. The molecule has 0 aliphatic carbocycles. The van der Waals surface area contributed by atoms with E-state index < -0.39 is 0 Å². The zero-order valence-corrected chi connectivity index (χ0v) is 21.8. The summed E-state index contributed by atoms with van der Waals surface area (Å²) in [5, 5.41) is 9.87. The highest BCUT2D eigenvalue weighted by atomic mass is 16.2. The van der Waals surface area contributed by atoms with Gasteiger partial charge in [-0.05, 0) is 44.4 Å². The predicted molar refractivity (Wildman–Crippen MR) is 145 cm³/mol. The van der Waals surface area contributed by atoms with Gasteiger partial charge in [0.25, 0.3) is 5.91 Å². The molecule has 0 saturated carbocycles. The fourth-order valence-corrected chi connectivity index (χ4v) is 5.73. The Balaban J connectivity index is 1.21. The number of rotatable bonds is 4. The SMILES string of the molecule is Cc1ccc(-c2cc(C(=O)N3CCN(Cc4nnc5n4CCCCC5)CC3)c3ccccc3n2)c(C)c1. The Labute approximate surface area is 218 Å². The van der Waals surface area contributed by atoms with Crippen LogP contribution in [0, 0.1) is 13.8 Å². The Morgan fingerprint density at radius 1 is 0.892 bits per heavy atom. The normalized spacial score (nSPS) is 16.5. The highest BCUT2D eigenvalue weighted by Crippen LogP contribution is 2.29. The van der Waals surface area contributed by atoms with E-state index in [4.69, 9.17) is 4.98 Å². The molecular formula is C30H34N6O. The Hall–Kier alpha value is -3.58. The lowest BCUT2D eigenvalue weighted by Gasteiger charge is -2.34. The maximum atomic E-state index is 13.8. The number of hydrogen-bond donors (Lipinski definition) is 0. The van der Waals surface area contributed by atoms with Crippen LogP contribution >= 0.6 is 0 Å². The molecule has 2 aliphatic heterocycles. The van der Waals surface area contributed by atoms with Gasteiger partial charge in [-0.2, -0.15) is 0 Å². The number of aromatic nitrogens is 4. The van der Waals surface area contributed by atoms with Gasteiger partial charge in [-0.1, -0.05) is 48.4 Å². The first kappa shape index (κ1) is 23.8. The van der Waals surface area contributed by atoms with E-state index in [1.165, 1.54) is 30.4 Å². The molecule has 4 heterocycles. The first-order valence-electron chi connectivity index (χ1n) is 13.5. The monoisotopic (exact) mass is 494 g/mol. The molecule has 7 heteroatoms. The molecule has 37 heavy (non-hydrogen) atoms. The summed E-state index contributed by atoms with van der Waals surface area (Å²) in [6, 6.07) is 16.3. The van der Waals surface area contributed by atoms with E-state index in [1.54, 1.807) is 0 Å². The second-order valence-electron chi connectivity index (χ2n) is 10.5. The van der Waals surface area contributed by atoms with Crippen LogP contribution in [0.3, 0.4) is 0 Å². The zero-order chi connectivity index (χ0) is 25.4. The van der Waals surface area contributed by atoms with E-state index in [2.05, 4.69) is 51.7 Å². The molecule has 0 N–H and O–H groups in total. The standard InChI is InChI=1S/C30H34N6O/c1-21-11-12-23(22(2)18-21)27-19-25(24-8-5-6-9-26(24)31-27)30(37)35-16-14-34(15-17-35)20-29-33-32-28-10-4-3-7-13-36(28)29/h5-6,8-9,11-12,18-19H,3-4,7,10,13-17,20H2,1-2H3. The summed E-state index contributed by atoms with van der Waals surface area (Å²) in [6.07, 6.45) is 4.69. The van der Waals surface area contributed by atoms with Crippen LogP contribution in [0.15, 0.2) is 48.5 Å². The fraction of sp³-hybridized carbons (Fsp3) is 0.400. The van der Waals surface area contributed by atoms with Gasteiger partial charge in [0.05, 0.1) is 23.3 Å². The van der Waals surface area contributed by atoms with Crippen molar-refractivity contribution in [1.82, 2.24) is 29.5 Å². The summed E-state index contributed by atoms with van der Waals surface area (Å²) >= 11 is 0. The number of piperazine rings is 1. The number of carbonyl (C=O) groups is 1. The van der Waals surface area contributed by atoms with Crippen LogP contribution in [0.2, 0.25) is 0 Å². The van der Waals surface area contributed by atoms with Gasteiger partial charge in [-0.3, -0.25) is 9.69 Å². The van der Waals surface area contributed by atoms with Gasteiger partial charge in [0.2, 0.25) is 0 Å². The Morgan fingerprint density at radius 3 is 2.57 bits per heavy atom. The summed E-state index contributed by atoms with van der Waals surface area (Å²) in [4.78, 5) is 23.2. The van der Waals surface area contributed by atoms with Gasteiger partial charge >= 0.3 is 0 Å². The van der Waals surface area contributed by atoms with Crippen molar-refractivity contribution in [2.24, 2.45) is 0 Å². The number of nitrogens with zero attached hydrogens (tertiary/aromatic N) is 6.